The molecule has 1 aliphatic heterocycles. The SMILES string of the molecule is CCCn1c(=NC(=O)c2ccc(S(=O)(=O)N3CCCCC3)cc2)sc2cc(F)cc(F)c21. The second-order valence-corrected chi connectivity index (χ2v) is 10.6. The van der Waals surface area contributed by atoms with Gasteiger partial charge in [-0.15, -0.1) is 0 Å². The Balaban J connectivity index is 1.67. The molecule has 170 valence electrons. The molecular formula is C22H23F2N3O3S2. The minimum absolute atomic E-state index is 0.136. The fourth-order valence-corrected chi connectivity index (χ4v) is 6.43. The predicted octanol–water partition coefficient (Wildman–Crippen LogP) is 4.31. The Hall–Kier alpha value is -2.43. The van der Waals surface area contributed by atoms with Crippen molar-refractivity contribution in [3.63, 3.8) is 0 Å². The lowest BCUT2D eigenvalue weighted by Gasteiger charge is -2.25. The van der Waals surface area contributed by atoms with E-state index in [9.17, 15) is 22.0 Å². The Morgan fingerprint density at radius 2 is 1.78 bits per heavy atom. The van der Waals surface area contributed by atoms with Crippen molar-refractivity contribution in [3.8, 4) is 0 Å². The molecule has 2 heterocycles. The lowest BCUT2D eigenvalue weighted by atomic mass is 10.2. The van der Waals surface area contributed by atoms with Crippen molar-refractivity contribution in [1.82, 2.24) is 8.87 Å². The number of thiazole rings is 1. The van der Waals surface area contributed by atoms with E-state index in [1.165, 1.54) is 34.6 Å². The van der Waals surface area contributed by atoms with Gasteiger partial charge in [-0.25, -0.2) is 17.2 Å². The molecule has 0 bridgehead atoms. The summed E-state index contributed by atoms with van der Waals surface area (Å²) in [5.41, 5.74) is 0.433. The summed E-state index contributed by atoms with van der Waals surface area (Å²) in [7, 11) is -3.59. The van der Waals surface area contributed by atoms with E-state index in [4.69, 9.17) is 0 Å². The number of aromatic nitrogens is 1. The van der Waals surface area contributed by atoms with E-state index in [0.717, 1.165) is 36.7 Å². The Kier molecular flexibility index (Phi) is 6.55. The molecule has 0 saturated carbocycles. The summed E-state index contributed by atoms with van der Waals surface area (Å²) in [6.07, 6.45) is 3.37. The minimum Gasteiger partial charge on any atom is -0.314 e. The number of piperidine rings is 1. The summed E-state index contributed by atoms with van der Waals surface area (Å²) in [4.78, 5) is 17.3. The van der Waals surface area contributed by atoms with E-state index in [-0.39, 0.29) is 20.8 Å². The molecule has 4 rings (SSSR count). The van der Waals surface area contributed by atoms with Crippen LogP contribution >= 0.6 is 11.3 Å². The van der Waals surface area contributed by atoms with Crippen molar-refractivity contribution in [3.05, 3.63) is 58.4 Å². The number of aryl methyl sites for hydroxylation is 1. The number of rotatable bonds is 5. The number of hydrogen-bond donors (Lipinski definition) is 0. The molecule has 0 unspecified atom stereocenters. The number of carbonyl (C=O) groups excluding carboxylic acids is 1. The third kappa shape index (κ3) is 4.39. The van der Waals surface area contributed by atoms with Gasteiger partial charge >= 0.3 is 0 Å². The Labute approximate surface area is 188 Å². The highest BCUT2D eigenvalue weighted by Gasteiger charge is 2.26. The zero-order chi connectivity index (χ0) is 22.9. The third-order valence-electron chi connectivity index (χ3n) is 5.39. The van der Waals surface area contributed by atoms with E-state index in [1.807, 2.05) is 6.92 Å². The number of benzene rings is 2. The molecule has 3 aromatic rings. The molecule has 0 aliphatic carbocycles. The predicted molar refractivity (Wildman–Crippen MR) is 119 cm³/mol. The molecular weight excluding hydrogens is 456 g/mol. The van der Waals surface area contributed by atoms with Crippen LogP contribution in [0.4, 0.5) is 8.78 Å². The molecule has 1 amide bonds. The second kappa shape index (κ2) is 9.21. The number of nitrogens with zero attached hydrogens (tertiary/aromatic N) is 3. The van der Waals surface area contributed by atoms with Gasteiger partial charge in [-0.05, 0) is 49.6 Å². The summed E-state index contributed by atoms with van der Waals surface area (Å²) in [6.45, 7) is 3.32. The van der Waals surface area contributed by atoms with Crippen LogP contribution in [0.2, 0.25) is 0 Å². The average molecular weight is 480 g/mol. The summed E-state index contributed by atoms with van der Waals surface area (Å²) >= 11 is 1.03. The summed E-state index contributed by atoms with van der Waals surface area (Å²) in [6, 6.07) is 7.72. The fraction of sp³-hybridized carbons (Fsp3) is 0.364. The van der Waals surface area contributed by atoms with E-state index < -0.39 is 27.6 Å². The Morgan fingerprint density at radius 1 is 1.09 bits per heavy atom. The standard InChI is InChI=1S/C22H23F2N3O3S2/c1-2-10-27-20-18(24)13-16(23)14-19(20)31-22(27)25-21(28)15-6-8-17(9-7-15)32(29,30)26-11-4-3-5-12-26/h6-9,13-14H,2-5,10-12H2,1H3. The van der Waals surface area contributed by atoms with Crippen LogP contribution in [0.3, 0.4) is 0 Å². The van der Waals surface area contributed by atoms with E-state index in [1.54, 1.807) is 4.57 Å². The Bertz CT molecular complexity index is 1320. The maximum Gasteiger partial charge on any atom is 0.279 e. The quantitative estimate of drug-likeness (QED) is 0.548. The number of carbonyl (C=O) groups is 1. The summed E-state index contributed by atoms with van der Waals surface area (Å²) in [5.74, 6) is -1.97. The molecule has 6 nitrogen and oxygen atoms in total. The number of amides is 1. The Morgan fingerprint density at radius 3 is 2.44 bits per heavy atom. The molecule has 1 aliphatic rings. The van der Waals surface area contributed by atoms with Crippen molar-refractivity contribution >= 4 is 37.5 Å². The average Bonchev–Trinajstić information content (AvgIpc) is 3.11. The fourth-order valence-electron chi connectivity index (χ4n) is 3.82. The van der Waals surface area contributed by atoms with Crippen molar-refractivity contribution in [2.24, 2.45) is 4.99 Å². The van der Waals surface area contributed by atoms with Crippen LogP contribution in [0.15, 0.2) is 46.3 Å². The lowest BCUT2D eigenvalue weighted by molar-refractivity contribution is 0.0997. The summed E-state index contributed by atoms with van der Waals surface area (Å²) < 4.78 is 57.0. The second-order valence-electron chi connectivity index (χ2n) is 7.68. The van der Waals surface area contributed by atoms with Crippen molar-refractivity contribution < 1.29 is 22.0 Å². The van der Waals surface area contributed by atoms with Gasteiger partial charge in [0.25, 0.3) is 5.91 Å². The first kappa shape index (κ1) is 22.8. The largest absolute Gasteiger partial charge is 0.314 e. The first-order chi connectivity index (χ1) is 15.3. The minimum atomic E-state index is -3.59. The molecule has 2 aromatic carbocycles. The lowest BCUT2D eigenvalue weighted by Crippen LogP contribution is -2.35. The highest BCUT2D eigenvalue weighted by molar-refractivity contribution is 7.89. The van der Waals surface area contributed by atoms with Gasteiger partial charge in [0.05, 0.1) is 15.1 Å². The molecule has 32 heavy (non-hydrogen) atoms. The van der Waals surface area contributed by atoms with Gasteiger partial charge in [0, 0.05) is 31.3 Å². The van der Waals surface area contributed by atoms with E-state index >= 15 is 0 Å². The first-order valence-electron chi connectivity index (χ1n) is 10.5. The van der Waals surface area contributed by atoms with Gasteiger partial charge in [-0.3, -0.25) is 4.79 Å². The van der Waals surface area contributed by atoms with Crippen LogP contribution in [0, 0.1) is 11.6 Å². The van der Waals surface area contributed by atoms with Crippen LogP contribution in [-0.4, -0.2) is 36.3 Å². The zero-order valence-corrected chi connectivity index (χ0v) is 19.2. The van der Waals surface area contributed by atoms with Crippen LogP contribution in [0.1, 0.15) is 43.0 Å². The molecule has 0 radical (unpaired) electrons. The molecule has 1 aromatic heterocycles. The first-order valence-corrected chi connectivity index (χ1v) is 12.7. The van der Waals surface area contributed by atoms with Gasteiger partial charge in [0.2, 0.25) is 10.0 Å². The number of fused-ring (bicyclic) bond motifs is 1. The van der Waals surface area contributed by atoms with Crippen LogP contribution < -0.4 is 4.80 Å². The van der Waals surface area contributed by atoms with E-state index in [0.29, 0.717) is 30.8 Å². The van der Waals surface area contributed by atoms with Crippen LogP contribution in [0.5, 0.6) is 0 Å². The topological polar surface area (TPSA) is 71.7 Å². The van der Waals surface area contributed by atoms with Gasteiger partial charge in [-0.1, -0.05) is 24.7 Å². The van der Waals surface area contributed by atoms with Crippen LogP contribution in [-0.2, 0) is 16.6 Å². The van der Waals surface area contributed by atoms with Crippen LogP contribution in [0.25, 0.3) is 10.2 Å². The maximum absolute atomic E-state index is 14.4. The molecule has 0 atom stereocenters. The smallest absolute Gasteiger partial charge is 0.279 e. The van der Waals surface area contributed by atoms with Gasteiger partial charge in [0.15, 0.2) is 10.6 Å². The zero-order valence-electron chi connectivity index (χ0n) is 17.6. The van der Waals surface area contributed by atoms with Gasteiger partial charge in [-0.2, -0.15) is 9.30 Å². The third-order valence-corrected chi connectivity index (χ3v) is 8.33. The molecule has 1 fully saturated rings. The molecule has 1 saturated heterocycles. The normalized spacial score (nSPS) is 16.0. The molecule has 0 N–H and O–H groups in total. The number of sulfonamides is 1. The van der Waals surface area contributed by atoms with E-state index in [2.05, 4.69) is 4.99 Å². The highest BCUT2D eigenvalue weighted by Crippen LogP contribution is 2.23. The van der Waals surface area contributed by atoms with Gasteiger partial charge in [0.1, 0.15) is 5.82 Å². The number of halogens is 2. The summed E-state index contributed by atoms with van der Waals surface area (Å²) in [5, 5.41) is 0. The number of hydrogen-bond acceptors (Lipinski definition) is 4. The van der Waals surface area contributed by atoms with Crippen molar-refractivity contribution in [2.45, 2.75) is 44.0 Å². The molecule has 0 spiro atoms. The van der Waals surface area contributed by atoms with Crippen molar-refractivity contribution in [2.75, 3.05) is 13.1 Å². The van der Waals surface area contributed by atoms with Crippen molar-refractivity contribution in [1.29, 1.82) is 0 Å². The maximum atomic E-state index is 14.4. The monoisotopic (exact) mass is 479 g/mol. The molecule has 10 heteroatoms. The van der Waals surface area contributed by atoms with Gasteiger partial charge < -0.3 is 4.57 Å². The highest BCUT2D eigenvalue weighted by atomic mass is 32.2.